The Bertz CT molecular complexity index is 371. The molecule has 0 bridgehead atoms. The molecule has 0 saturated carbocycles. The molecule has 0 aromatic rings. The Hall–Kier alpha value is -0.740. The van der Waals surface area contributed by atoms with E-state index >= 15 is 0 Å². The van der Waals surface area contributed by atoms with Crippen LogP contribution in [0.25, 0.3) is 0 Å². The van der Waals surface area contributed by atoms with Crippen LogP contribution in [0.3, 0.4) is 0 Å². The fourth-order valence-electron chi connectivity index (χ4n) is 1.93. The normalized spacial score (nSPS) is 13.3. The van der Waals surface area contributed by atoms with Crippen LogP contribution in [0.15, 0.2) is 0 Å². The van der Waals surface area contributed by atoms with Crippen LogP contribution in [0.2, 0.25) is 0 Å². The smallest absolute Gasteiger partial charge is 0.160 e. The van der Waals surface area contributed by atoms with Crippen molar-refractivity contribution in [2.75, 3.05) is 13.1 Å². The van der Waals surface area contributed by atoms with Gasteiger partial charge >= 0.3 is 0 Å². The van der Waals surface area contributed by atoms with Crippen LogP contribution in [-0.2, 0) is 9.59 Å². The lowest BCUT2D eigenvalue weighted by Crippen LogP contribution is -2.54. The van der Waals surface area contributed by atoms with Crippen molar-refractivity contribution in [3.8, 4) is 0 Å². The second kappa shape index (κ2) is 7.50. The molecule has 0 amide bonds. The van der Waals surface area contributed by atoms with Crippen molar-refractivity contribution in [1.82, 2.24) is 10.6 Å². The zero-order chi connectivity index (χ0) is 16.9. The molecular formula is C17H34N2O2. The molecule has 0 rings (SSSR count). The third kappa shape index (κ3) is 6.70. The maximum atomic E-state index is 12.5. The first-order chi connectivity index (χ1) is 9.38. The van der Waals surface area contributed by atoms with Crippen molar-refractivity contribution in [3.05, 3.63) is 0 Å². The number of hydrogen-bond acceptors (Lipinski definition) is 4. The molecule has 0 aromatic heterocycles. The predicted molar refractivity (Wildman–Crippen MR) is 88.5 cm³/mol. The molecule has 0 radical (unpaired) electrons. The van der Waals surface area contributed by atoms with Crippen LogP contribution in [0.5, 0.6) is 0 Å². The number of ketones is 2. The van der Waals surface area contributed by atoms with E-state index < -0.39 is 5.54 Å². The van der Waals surface area contributed by atoms with E-state index in [2.05, 4.69) is 31.4 Å². The quantitative estimate of drug-likeness (QED) is 0.651. The minimum atomic E-state index is -0.685. The lowest BCUT2D eigenvalue weighted by molar-refractivity contribution is -0.133. The zero-order valence-electron chi connectivity index (χ0n) is 15.1. The minimum absolute atomic E-state index is 0.0365. The average Bonchev–Trinajstić information content (AvgIpc) is 2.42. The molecule has 0 unspecified atom stereocenters. The van der Waals surface area contributed by atoms with E-state index in [1.165, 1.54) is 0 Å². The lowest BCUT2D eigenvalue weighted by atomic mass is 9.76. The van der Waals surface area contributed by atoms with Crippen molar-refractivity contribution in [2.24, 2.45) is 5.41 Å². The summed E-state index contributed by atoms with van der Waals surface area (Å²) in [7, 11) is 0. The van der Waals surface area contributed by atoms with E-state index in [0.29, 0.717) is 6.54 Å². The fraction of sp³-hybridized carbons (Fsp3) is 0.882. The van der Waals surface area contributed by atoms with Crippen molar-refractivity contribution in [2.45, 2.75) is 79.3 Å². The molecule has 2 N–H and O–H groups in total. The Kier molecular flexibility index (Phi) is 7.24. The topological polar surface area (TPSA) is 58.2 Å². The van der Waals surface area contributed by atoms with Crippen LogP contribution < -0.4 is 10.6 Å². The van der Waals surface area contributed by atoms with Crippen molar-refractivity contribution < 1.29 is 9.59 Å². The molecule has 0 atom stereocenters. The molecule has 0 aliphatic heterocycles. The summed E-state index contributed by atoms with van der Waals surface area (Å²) in [6.07, 6.45) is 1.75. The number of rotatable bonds is 10. The molecule has 0 heterocycles. The summed E-state index contributed by atoms with van der Waals surface area (Å²) in [4.78, 5) is 24.5. The van der Waals surface area contributed by atoms with Gasteiger partial charge in [0, 0.05) is 11.0 Å². The predicted octanol–water partition coefficient (Wildman–Crippen LogP) is 2.71. The van der Waals surface area contributed by atoms with E-state index in [4.69, 9.17) is 0 Å². The van der Waals surface area contributed by atoms with Crippen LogP contribution in [0, 0.1) is 5.41 Å². The first-order valence-corrected chi connectivity index (χ1v) is 7.94. The number of hydrogen-bond donors (Lipinski definition) is 2. The standard InChI is InChI=1S/C17H34N2O2/c1-9-15(3,4)14(21)17(7,8)19-12-13(20)11-18-16(5,6)10-2/h18-19H,9-12H2,1-8H3. The van der Waals surface area contributed by atoms with Gasteiger partial charge in [-0.25, -0.2) is 0 Å². The van der Waals surface area contributed by atoms with E-state index in [9.17, 15) is 9.59 Å². The first-order valence-electron chi connectivity index (χ1n) is 7.94. The Morgan fingerprint density at radius 3 is 1.71 bits per heavy atom. The third-order valence-electron chi connectivity index (χ3n) is 4.44. The van der Waals surface area contributed by atoms with Gasteiger partial charge in [-0.3, -0.25) is 14.9 Å². The summed E-state index contributed by atoms with van der Waals surface area (Å²) in [6, 6.07) is 0. The summed E-state index contributed by atoms with van der Waals surface area (Å²) in [5.41, 5.74) is -1.09. The minimum Gasteiger partial charge on any atom is -0.305 e. The molecule has 0 aliphatic carbocycles. The zero-order valence-corrected chi connectivity index (χ0v) is 15.1. The van der Waals surface area contributed by atoms with E-state index in [1.54, 1.807) is 0 Å². The summed E-state index contributed by atoms with van der Waals surface area (Å²) in [5.74, 6) is 0.221. The molecule has 0 spiro atoms. The first kappa shape index (κ1) is 20.3. The Balaban J connectivity index is 4.44. The maximum absolute atomic E-state index is 12.5. The van der Waals surface area contributed by atoms with Crippen molar-refractivity contribution >= 4 is 11.6 Å². The number of Topliss-reactive ketones (excluding diaryl/α,β-unsaturated/α-hetero) is 2. The number of carbonyl (C=O) groups is 2. The van der Waals surface area contributed by atoms with Gasteiger partial charge in [0.15, 0.2) is 11.6 Å². The van der Waals surface area contributed by atoms with E-state index in [0.717, 1.165) is 12.8 Å². The van der Waals surface area contributed by atoms with Crippen LogP contribution >= 0.6 is 0 Å². The van der Waals surface area contributed by atoms with Crippen LogP contribution in [0.4, 0.5) is 0 Å². The van der Waals surface area contributed by atoms with E-state index in [1.807, 2.05) is 34.6 Å². The number of nitrogens with one attached hydrogen (secondary N) is 2. The molecular weight excluding hydrogens is 264 g/mol. The Morgan fingerprint density at radius 2 is 1.29 bits per heavy atom. The van der Waals surface area contributed by atoms with Gasteiger partial charge in [0.2, 0.25) is 0 Å². The second-order valence-corrected chi connectivity index (χ2v) is 7.67. The van der Waals surface area contributed by atoms with Gasteiger partial charge in [0.05, 0.1) is 18.6 Å². The summed E-state index contributed by atoms with van der Waals surface area (Å²) < 4.78 is 0. The largest absolute Gasteiger partial charge is 0.305 e. The molecule has 124 valence electrons. The Labute approximate surface area is 130 Å². The molecule has 4 nitrogen and oxygen atoms in total. The lowest BCUT2D eigenvalue weighted by Gasteiger charge is -2.33. The molecule has 21 heavy (non-hydrogen) atoms. The van der Waals surface area contributed by atoms with Crippen molar-refractivity contribution in [1.29, 1.82) is 0 Å². The molecule has 0 aliphatic rings. The van der Waals surface area contributed by atoms with Gasteiger partial charge in [-0.15, -0.1) is 0 Å². The van der Waals surface area contributed by atoms with Gasteiger partial charge in [0.25, 0.3) is 0 Å². The molecule has 0 fully saturated rings. The number of carbonyl (C=O) groups excluding carboxylic acids is 2. The van der Waals surface area contributed by atoms with Gasteiger partial charge in [-0.1, -0.05) is 27.7 Å². The Morgan fingerprint density at radius 1 is 0.810 bits per heavy atom. The maximum Gasteiger partial charge on any atom is 0.160 e. The highest BCUT2D eigenvalue weighted by Crippen LogP contribution is 2.26. The third-order valence-corrected chi connectivity index (χ3v) is 4.44. The van der Waals surface area contributed by atoms with Gasteiger partial charge in [-0.05, 0) is 40.5 Å². The summed E-state index contributed by atoms with van der Waals surface area (Å²) >= 11 is 0. The highest BCUT2D eigenvalue weighted by Gasteiger charge is 2.37. The SMILES string of the molecule is CCC(C)(C)NCC(=O)CNC(C)(C)C(=O)C(C)(C)CC. The van der Waals surface area contributed by atoms with Gasteiger partial charge in [0.1, 0.15) is 0 Å². The summed E-state index contributed by atoms with van der Waals surface area (Å²) in [6.45, 7) is 16.4. The molecule has 4 heteroatoms. The molecule has 0 saturated heterocycles. The monoisotopic (exact) mass is 298 g/mol. The highest BCUT2D eigenvalue weighted by molar-refractivity contribution is 5.93. The highest BCUT2D eigenvalue weighted by atomic mass is 16.1. The second-order valence-electron chi connectivity index (χ2n) is 7.67. The van der Waals surface area contributed by atoms with E-state index in [-0.39, 0.29) is 29.1 Å². The van der Waals surface area contributed by atoms with Crippen molar-refractivity contribution in [3.63, 3.8) is 0 Å². The molecule has 0 aromatic carbocycles. The van der Waals surface area contributed by atoms with Gasteiger partial charge < -0.3 is 5.32 Å². The average molecular weight is 298 g/mol. The summed E-state index contributed by atoms with van der Waals surface area (Å²) in [5, 5.41) is 6.36. The van der Waals surface area contributed by atoms with Crippen LogP contribution in [0.1, 0.15) is 68.2 Å². The fourth-order valence-corrected chi connectivity index (χ4v) is 1.93. The van der Waals surface area contributed by atoms with Crippen LogP contribution in [-0.4, -0.2) is 35.7 Å². The van der Waals surface area contributed by atoms with Gasteiger partial charge in [-0.2, -0.15) is 0 Å².